The van der Waals surface area contributed by atoms with Crippen molar-refractivity contribution in [3.8, 4) is 5.75 Å². The maximum atomic E-state index is 12.7. The Labute approximate surface area is 167 Å². The van der Waals surface area contributed by atoms with Gasteiger partial charge in [-0.05, 0) is 18.6 Å². The predicted molar refractivity (Wildman–Crippen MR) is 102 cm³/mol. The Morgan fingerprint density at radius 2 is 1.96 bits per heavy atom. The van der Waals surface area contributed by atoms with Gasteiger partial charge in [0.2, 0.25) is 10.0 Å². The van der Waals surface area contributed by atoms with Crippen LogP contribution in [0.2, 0.25) is 10.0 Å². The van der Waals surface area contributed by atoms with Gasteiger partial charge in [0, 0.05) is 18.5 Å². The molecule has 2 aromatic rings. The van der Waals surface area contributed by atoms with E-state index in [-0.39, 0.29) is 40.3 Å². The summed E-state index contributed by atoms with van der Waals surface area (Å²) in [6, 6.07) is 10.5. The number of fused-ring (bicyclic) bond motifs is 1. The number of nitrogens with one attached hydrogen (secondary N) is 1. The van der Waals surface area contributed by atoms with E-state index in [9.17, 15) is 13.2 Å². The van der Waals surface area contributed by atoms with Gasteiger partial charge in [0.25, 0.3) is 0 Å². The van der Waals surface area contributed by atoms with E-state index in [1.807, 2.05) is 18.2 Å². The molecule has 1 N–H and O–H groups in total. The molecule has 1 aliphatic heterocycles. The van der Waals surface area contributed by atoms with Crippen LogP contribution in [-0.4, -0.2) is 27.1 Å². The molecule has 2 aromatic carbocycles. The van der Waals surface area contributed by atoms with Crippen molar-refractivity contribution in [2.75, 3.05) is 6.61 Å². The summed E-state index contributed by atoms with van der Waals surface area (Å²) >= 11 is 12.4. The van der Waals surface area contributed by atoms with Crippen LogP contribution < -0.4 is 9.46 Å². The average molecular weight is 430 g/mol. The number of benzene rings is 2. The van der Waals surface area contributed by atoms with Crippen LogP contribution in [0.25, 0.3) is 0 Å². The summed E-state index contributed by atoms with van der Waals surface area (Å²) in [5, 5.41) is -0.193. The summed E-state index contributed by atoms with van der Waals surface area (Å²) in [5.74, 6) is -0.325. The first-order chi connectivity index (χ1) is 12.8. The molecule has 0 saturated carbocycles. The first-order valence-corrected chi connectivity index (χ1v) is 10.4. The highest BCUT2D eigenvalue weighted by atomic mass is 35.5. The summed E-state index contributed by atoms with van der Waals surface area (Å²) in [5.41, 5.74) is 1.29. The highest BCUT2D eigenvalue weighted by molar-refractivity contribution is 7.89. The third-order valence-electron chi connectivity index (χ3n) is 4.02. The zero-order valence-electron chi connectivity index (χ0n) is 14.4. The van der Waals surface area contributed by atoms with Gasteiger partial charge in [-0.25, -0.2) is 17.9 Å². The topological polar surface area (TPSA) is 81.7 Å². The highest BCUT2D eigenvalue weighted by Crippen LogP contribution is 2.44. The van der Waals surface area contributed by atoms with Gasteiger partial charge in [0.1, 0.15) is 15.7 Å². The van der Waals surface area contributed by atoms with E-state index in [1.54, 1.807) is 19.1 Å². The number of sulfonamides is 1. The van der Waals surface area contributed by atoms with Crippen molar-refractivity contribution in [2.45, 2.75) is 30.9 Å². The number of halogens is 2. The summed E-state index contributed by atoms with van der Waals surface area (Å²) in [4.78, 5) is 11.7. The van der Waals surface area contributed by atoms with Crippen LogP contribution in [0.4, 0.5) is 0 Å². The molecular formula is C18H17Cl2NO5S. The van der Waals surface area contributed by atoms with Crippen LogP contribution >= 0.6 is 23.2 Å². The van der Waals surface area contributed by atoms with Crippen LogP contribution in [0.15, 0.2) is 41.3 Å². The fourth-order valence-electron chi connectivity index (χ4n) is 2.71. The molecule has 0 radical (unpaired) electrons. The lowest BCUT2D eigenvalue weighted by Gasteiger charge is -2.12. The molecular weight excluding hydrogens is 413 g/mol. The maximum Gasteiger partial charge on any atom is 0.347 e. The van der Waals surface area contributed by atoms with E-state index in [0.717, 1.165) is 5.56 Å². The van der Waals surface area contributed by atoms with Gasteiger partial charge in [-0.3, -0.25) is 0 Å². The SMILES string of the molecule is CCOC(=O)C1Cc2cc(S(=O)(=O)NCc3ccccc3)c(Cl)c(Cl)c2O1. The molecule has 0 aromatic heterocycles. The van der Waals surface area contributed by atoms with Crippen LogP contribution in [0.3, 0.4) is 0 Å². The van der Waals surface area contributed by atoms with Crippen molar-refractivity contribution in [1.29, 1.82) is 0 Å². The van der Waals surface area contributed by atoms with Crippen LogP contribution in [0.1, 0.15) is 18.1 Å². The van der Waals surface area contributed by atoms with Crippen molar-refractivity contribution in [3.63, 3.8) is 0 Å². The van der Waals surface area contributed by atoms with Gasteiger partial charge in [-0.15, -0.1) is 0 Å². The van der Waals surface area contributed by atoms with E-state index in [1.165, 1.54) is 6.07 Å². The van der Waals surface area contributed by atoms with E-state index in [0.29, 0.717) is 5.56 Å². The second-order valence-corrected chi connectivity index (χ2v) is 8.36. The Hall–Kier alpha value is -1.80. The molecule has 0 spiro atoms. The highest BCUT2D eigenvalue weighted by Gasteiger charge is 2.35. The van der Waals surface area contributed by atoms with Crippen molar-refractivity contribution >= 4 is 39.2 Å². The quantitative estimate of drug-likeness (QED) is 0.711. The van der Waals surface area contributed by atoms with E-state index in [4.69, 9.17) is 32.7 Å². The molecule has 144 valence electrons. The number of esters is 1. The van der Waals surface area contributed by atoms with Gasteiger partial charge in [-0.1, -0.05) is 53.5 Å². The molecule has 0 saturated heterocycles. The van der Waals surface area contributed by atoms with Crippen molar-refractivity contribution < 1.29 is 22.7 Å². The standard InChI is InChI=1S/C18H17Cl2NO5S/c1-2-25-18(22)13-8-12-9-14(15(19)16(20)17(12)26-13)27(23,24)21-10-11-6-4-3-5-7-11/h3-7,9,13,21H,2,8,10H2,1H3. The normalized spacial score (nSPS) is 15.9. The van der Waals surface area contributed by atoms with Gasteiger partial charge in [-0.2, -0.15) is 0 Å². The molecule has 0 fully saturated rings. The molecule has 0 bridgehead atoms. The Balaban J connectivity index is 1.86. The Bertz CT molecular complexity index is 963. The largest absolute Gasteiger partial charge is 0.476 e. The predicted octanol–water partition coefficient (Wildman–Crippen LogP) is 3.34. The lowest BCUT2D eigenvalue weighted by molar-refractivity contribution is -0.150. The molecule has 0 aliphatic carbocycles. The number of ether oxygens (including phenoxy) is 2. The second-order valence-electron chi connectivity index (χ2n) is 5.86. The van der Waals surface area contributed by atoms with Crippen molar-refractivity contribution in [1.82, 2.24) is 4.72 Å². The van der Waals surface area contributed by atoms with Gasteiger partial charge < -0.3 is 9.47 Å². The van der Waals surface area contributed by atoms with Crippen LogP contribution in [0, 0.1) is 0 Å². The number of hydrogen-bond donors (Lipinski definition) is 1. The van der Waals surface area contributed by atoms with E-state index in [2.05, 4.69) is 4.72 Å². The van der Waals surface area contributed by atoms with Gasteiger partial charge >= 0.3 is 5.97 Å². The van der Waals surface area contributed by atoms with Crippen LogP contribution in [-0.2, 0) is 32.5 Å². The van der Waals surface area contributed by atoms with E-state index < -0.39 is 22.1 Å². The van der Waals surface area contributed by atoms with E-state index >= 15 is 0 Å². The maximum absolute atomic E-state index is 12.7. The summed E-state index contributed by atoms with van der Waals surface area (Å²) < 4.78 is 38.4. The second kappa shape index (κ2) is 8.06. The number of hydrogen-bond acceptors (Lipinski definition) is 5. The third-order valence-corrected chi connectivity index (χ3v) is 6.41. The minimum atomic E-state index is -3.92. The molecule has 0 amide bonds. The smallest absolute Gasteiger partial charge is 0.347 e. The Morgan fingerprint density at radius 3 is 2.63 bits per heavy atom. The minimum Gasteiger partial charge on any atom is -0.476 e. The zero-order valence-corrected chi connectivity index (χ0v) is 16.7. The molecule has 9 heteroatoms. The first-order valence-electron chi connectivity index (χ1n) is 8.21. The molecule has 27 heavy (non-hydrogen) atoms. The third kappa shape index (κ3) is 4.21. The molecule has 1 heterocycles. The number of rotatable bonds is 6. The lowest BCUT2D eigenvalue weighted by atomic mass is 10.1. The Kier molecular flexibility index (Phi) is 5.95. The minimum absolute atomic E-state index is 0.0407. The zero-order chi connectivity index (χ0) is 19.6. The number of carbonyl (C=O) groups excluding carboxylic acids is 1. The van der Waals surface area contributed by atoms with Gasteiger partial charge in [0.05, 0.1) is 11.6 Å². The van der Waals surface area contributed by atoms with Gasteiger partial charge in [0.15, 0.2) is 6.10 Å². The molecule has 6 nitrogen and oxygen atoms in total. The summed E-state index contributed by atoms with van der Waals surface area (Å²) in [6.07, 6.45) is -0.713. The number of carbonyl (C=O) groups is 1. The van der Waals surface area contributed by atoms with Crippen molar-refractivity contribution in [2.24, 2.45) is 0 Å². The summed E-state index contributed by atoms with van der Waals surface area (Å²) in [7, 11) is -3.92. The fraction of sp³-hybridized carbons (Fsp3) is 0.278. The molecule has 1 unspecified atom stereocenters. The van der Waals surface area contributed by atoms with Crippen molar-refractivity contribution in [3.05, 3.63) is 57.6 Å². The monoisotopic (exact) mass is 429 g/mol. The fourth-order valence-corrected chi connectivity index (χ4v) is 4.63. The average Bonchev–Trinajstić information content (AvgIpc) is 3.09. The molecule has 3 rings (SSSR count). The lowest BCUT2D eigenvalue weighted by Crippen LogP contribution is -2.27. The van der Waals surface area contributed by atoms with Crippen LogP contribution in [0.5, 0.6) is 5.75 Å². The first kappa shape index (κ1) is 19.9. The summed E-state index contributed by atoms with van der Waals surface area (Å²) in [6.45, 7) is 2.01. The molecule has 1 aliphatic rings. The Morgan fingerprint density at radius 1 is 1.26 bits per heavy atom. The molecule has 1 atom stereocenters.